The summed E-state index contributed by atoms with van der Waals surface area (Å²) >= 11 is 0. The predicted octanol–water partition coefficient (Wildman–Crippen LogP) is 4.00. The molecule has 190 valence electrons. The number of hydrogen-bond donors (Lipinski definition) is 2. The number of ether oxygens (including phenoxy) is 2. The molecule has 36 heavy (non-hydrogen) atoms. The van der Waals surface area contributed by atoms with Gasteiger partial charge in [0.15, 0.2) is 11.5 Å². The Bertz CT molecular complexity index is 1390. The van der Waals surface area contributed by atoms with Gasteiger partial charge in [-0.05, 0) is 65.9 Å². The minimum absolute atomic E-state index is 0. The first-order valence-electron chi connectivity index (χ1n) is 11.9. The minimum atomic E-state index is -3.68. The Kier molecular flexibility index (Phi) is 6.46. The maximum Gasteiger partial charge on any atom is 0.243 e. The number of likely N-dealkylation sites (N-methyl/N-ethyl adjacent to an activating group) is 1. The van der Waals surface area contributed by atoms with Crippen LogP contribution in [0.4, 0.5) is 5.69 Å². The van der Waals surface area contributed by atoms with Crippen molar-refractivity contribution >= 4 is 21.6 Å². The average molecular weight is 511 g/mol. The van der Waals surface area contributed by atoms with E-state index in [4.69, 9.17) is 14.6 Å². The Hall–Kier alpha value is -3.40. The van der Waals surface area contributed by atoms with Gasteiger partial charge in [0, 0.05) is 20.2 Å². The van der Waals surface area contributed by atoms with Crippen molar-refractivity contribution in [3.05, 3.63) is 72.3 Å². The highest BCUT2D eigenvalue weighted by Crippen LogP contribution is 2.51. The first-order chi connectivity index (χ1) is 17.4. The Balaban J connectivity index is 0.00000320. The fraction of sp³-hybridized carbons (Fsp3) is 0.296. The third-order valence-corrected chi connectivity index (χ3v) is 8.75. The van der Waals surface area contributed by atoms with E-state index in [1.54, 1.807) is 31.2 Å². The molecule has 3 aromatic rings. The summed E-state index contributed by atoms with van der Waals surface area (Å²) in [7, 11) is -3.68. The number of sulfonamides is 1. The molecule has 3 aromatic carbocycles. The number of aliphatic hydroxyl groups is 1. The number of aliphatic hydroxyl groups excluding tert-OH is 1. The number of benzene rings is 3. The van der Waals surface area contributed by atoms with Crippen LogP contribution >= 0.6 is 0 Å². The Morgan fingerprint density at radius 1 is 1.03 bits per heavy atom. The molecule has 8 nitrogen and oxygen atoms in total. The molecule has 1 fully saturated rings. The van der Waals surface area contributed by atoms with Gasteiger partial charge < -0.3 is 19.9 Å². The summed E-state index contributed by atoms with van der Waals surface area (Å²) in [6.45, 7) is 2.02. The van der Waals surface area contributed by atoms with Crippen LogP contribution in [-0.2, 0) is 20.2 Å². The highest BCUT2D eigenvalue weighted by atomic mass is 32.2. The average Bonchev–Trinajstić information content (AvgIpc) is 3.58. The van der Waals surface area contributed by atoms with Gasteiger partial charge in [-0.25, -0.2) is 8.42 Å². The molecule has 9 heteroatoms. The van der Waals surface area contributed by atoms with E-state index < -0.39 is 15.4 Å². The van der Waals surface area contributed by atoms with Crippen LogP contribution in [0.2, 0.25) is 0 Å². The molecule has 0 atom stereocenters. The fourth-order valence-electron chi connectivity index (χ4n) is 4.52. The normalized spacial score (nSPS) is 15.6. The third-order valence-electron chi connectivity index (χ3n) is 6.76. The summed E-state index contributed by atoms with van der Waals surface area (Å²) in [6.07, 6.45) is 1.53. The minimum Gasteiger partial charge on any atom is -0.454 e. The molecule has 0 aromatic heterocycles. The number of nitrogens with one attached hydrogen (secondary N) is 1. The summed E-state index contributed by atoms with van der Waals surface area (Å²) in [5, 5.41) is 12.2. The van der Waals surface area contributed by atoms with E-state index in [1.807, 2.05) is 42.5 Å². The fourth-order valence-corrected chi connectivity index (χ4v) is 5.96. The summed E-state index contributed by atoms with van der Waals surface area (Å²) in [6, 6.07) is 19.8. The summed E-state index contributed by atoms with van der Waals surface area (Å²) in [5.74, 6) is 1.29. The number of amides is 1. The second-order valence-corrected chi connectivity index (χ2v) is 10.9. The van der Waals surface area contributed by atoms with Crippen LogP contribution in [0.1, 0.15) is 26.8 Å². The van der Waals surface area contributed by atoms with Crippen molar-refractivity contribution in [2.75, 3.05) is 31.8 Å². The monoisotopic (exact) mass is 510 g/mol. The number of hydrogen-bond acceptors (Lipinski definition) is 6. The van der Waals surface area contributed by atoms with E-state index in [2.05, 4.69) is 5.32 Å². The van der Waals surface area contributed by atoms with Gasteiger partial charge in [-0.1, -0.05) is 37.3 Å². The van der Waals surface area contributed by atoms with Crippen LogP contribution in [0.25, 0.3) is 11.1 Å². The van der Waals surface area contributed by atoms with Crippen molar-refractivity contribution in [3.63, 3.8) is 0 Å². The van der Waals surface area contributed by atoms with E-state index in [9.17, 15) is 13.2 Å². The van der Waals surface area contributed by atoms with E-state index >= 15 is 0 Å². The lowest BCUT2D eigenvalue weighted by Gasteiger charge is -2.19. The molecule has 2 aliphatic rings. The van der Waals surface area contributed by atoms with Gasteiger partial charge in [-0.3, -0.25) is 4.79 Å². The van der Waals surface area contributed by atoms with Gasteiger partial charge in [-0.2, -0.15) is 4.31 Å². The molecule has 1 aliphatic carbocycles. The molecular weight excluding hydrogens is 480 g/mol. The van der Waals surface area contributed by atoms with Crippen LogP contribution in [0, 0.1) is 0 Å². The molecule has 5 rings (SSSR count). The number of rotatable bonds is 9. The van der Waals surface area contributed by atoms with Crippen LogP contribution in [0.3, 0.4) is 0 Å². The van der Waals surface area contributed by atoms with Crippen molar-refractivity contribution in [1.82, 2.24) is 4.31 Å². The van der Waals surface area contributed by atoms with Gasteiger partial charge in [-0.15, -0.1) is 0 Å². The van der Waals surface area contributed by atoms with Gasteiger partial charge in [0.05, 0.1) is 16.9 Å². The quantitative estimate of drug-likeness (QED) is 0.451. The highest BCUT2D eigenvalue weighted by Gasteiger charge is 2.51. The lowest BCUT2D eigenvalue weighted by Crippen LogP contribution is -2.33. The zero-order valence-electron chi connectivity index (χ0n) is 19.9. The molecule has 0 spiro atoms. The summed E-state index contributed by atoms with van der Waals surface area (Å²) in [5.41, 5.74) is 2.69. The third kappa shape index (κ3) is 4.45. The van der Waals surface area contributed by atoms with Crippen molar-refractivity contribution in [3.8, 4) is 22.6 Å². The van der Waals surface area contributed by atoms with E-state index in [0.29, 0.717) is 17.2 Å². The zero-order chi connectivity index (χ0) is 25.3. The lowest BCUT2D eigenvalue weighted by molar-refractivity contribution is -0.118. The maximum absolute atomic E-state index is 13.3. The predicted molar refractivity (Wildman–Crippen MR) is 138 cm³/mol. The van der Waals surface area contributed by atoms with Gasteiger partial charge >= 0.3 is 0 Å². The smallest absolute Gasteiger partial charge is 0.243 e. The van der Waals surface area contributed by atoms with Crippen molar-refractivity contribution in [1.29, 1.82) is 0 Å². The largest absolute Gasteiger partial charge is 0.454 e. The molecule has 1 heterocycles. The first-order valence-corrected chi connectivity index (χ1v) is 13.3. The number of fused-ring (bicyclic) bond motifs is 1. The first kappa shape index (κ1) is 24.3. The zero-order valence-corrected chi connectivity index (χ0v) is 20.8. The van der Waals surface area contributed by atoms with E-state index in [-0.39, 0.29) is 38.7 Å². The Morgan fingerprint density at radius 3 is 2.47 bits per heavy atom. The lowest BCUT2D eigenvalue weighted by atomic mass is 9.94. The topological polar surface area (TPSA) is 105 Å². The second-order valence-electron chi connectivity index (χ2n) is 8.93. The molecule has 0 radical (unpaired) electrons. The van der Waals surface area contributed by atoms with E-state index in [0.717, 1.165) is 29.5 Å². The molecular formula is C27H30N2O6S. The van der Waals surface area contributed by atoms with Crippen molar-refractivity contribution < 1.29 is 29.2 Å². The standard InChI is InChI=1S/C27H28N2O6S.H2/c1-2-29(14-15-30)36(32,33)23-9-6-19(7-10-23)20-4-3-5-22(16-20)28-26(31)27(12-13-27)21-8-11-24-25(17-21)35-18-34-24;/h3-11,16-17,30H,2,12-15,18H2,1H3,(H,28,31);1H. The molecule has 1 amide bonds. The molecule has 1 aliphatic heterocycles. The number of carbonyl (C=O) groups is 1. The molecule has 0 saturated heterocycles. The van der Waals surface area contributed by atoms with Crippen LogP contribution in [0.15, 0.2) is 71.6 Å². The highest BCUT2D eigenvalue weighted by molar-refractivity contribution is 7.89. The van der Waals surface area contributed by atoms with E-state index in [1.165, 1.54) is 4.31 Å². The number of nitrogens with zero attached hydrogens (tertiary/aromatic N) is 1. The summed E-state index contributed by atoms with van der Waals surface area (Å²) < 4.78 is 37.7. The molecule has 0 unspecified atom stereocenters. The second kappa shape index (κ2) is 9.57. The van der Waals surface area contributed by atoms with Gasteiger partial charge in [0.1, 0.15) is 0 Å². The number of carbonyl (C=O) groups excluding carboxylic acids is 1. The van der Waals surface area contributed by atoms with Crippen molar-refractivity contribution in [2.45, 2.75) is 30.1 Å². The SMILES string of the molecule is CCN(CCO)S(=O)(=O)c1ccc(-c2cccc(NC(=O)C3(c4ccc5c(c4)OCO5)CC3)c2)cc1.[HH]. The van der Waals surface area contributed by atoms with Crippen molar-refractivity contribution in [2.24, 2.45) is 0 Å². The van der Waals surface area contributed by atoms with Gasteiger partial charge in [0.2, 0.25) is 22.7 Å². The molecule has 0 bridgehead atoms. The van der Waals surface area contributed by atoms with Crippen LogP contribution < -0.4 is 14.8 Å². The maximum atomic E-state index is 13.3. The number of anilines is 1. The van der Waals surface area contributed by atoms with Gasteiger partial charge in [0.25, 0.3) is 0 Å². The Morgan fingerprint density at radius 2 is 1.78 bits per heavy atom. The van der Waals surface area contributed by atoms with Crippen LogP contribution in [0.5, 0.6) is 11.5 Å². The molecule has 2 N–H and O–H groups in total. The summed E-state index contributed by atoms with van der Waals surface area (Å²) in [4.78, 5) is 13.4. The molecule has 1 saturated carbocycles. The van der Waals surface area contributed by atoms with Crippen LogP contribution in [-0.4, -0.2) is 50.2 Å². The Labute approximate surface area is 212 Å².